The van der Waals surface area contributed by atoms with Crippen molar-refractivity contribution in [3.05, 3.63) is 29.6 Å². The van der Waals surface area contributed by atoms with E-state index in [0.717, 1.165) is 12.5 Å². The molecular formula is C14H23N3. The summed E-state index contributed by atoms with van der Waals surface area (Å²) in [6.45, 7) is 7.49. The van der Waals surface area contributed by atoms with Gasteiger partial charge in [0.05, 0.1) is 0 Å². The van der Waals surface area contributed by atoms with Crippen molar-refractivity contribution >= 4 is 0 Å². The number of pyridine rings is 1. The summed E-state index contributed by atoms with van der Waals surface area (Å²) < 4.78 is 0. The first-order chi connectivity index (χ1) is 8.22. The third kappa shape index (κ3) is 2.85. The van der Waals surface area contributed by atoms with Crippen molar-refractivity contribution in [3.63, 3.8) is 0 Å². The zero-order valence-corrected chi connectivity index (χ0v) is 10.9. The van der Waals surface area contributed by atoms with Crippen molar-refractivity contribution in [2.24, 2.45) is 11.7 Å². The van der Waals surface area contributed by atoms with Gasteiger partial charge in [-0.15, -0.1) is 0 Å². The molecule has 0 amide bonds. The van der Waals surface area contributed by atoms with Crippen molar-refractivity contribution in [2.45, 2.75) is 32.7 Å². The van der Waals surface area contributed by atoms with Crippen LogP contribution in [0.25, 0.3) is 0 Å². The molecule has 0 bridgehead atoms. The van der Waals surface area contributed by atoms with Crippen LogP contribution in [0, 0.1) is 12.8 Å². The predicted molar refractivity (Wildman–Crippen MR) is 70.7 cm³/mol. The molecule has 1 saturated heterocycles. The maximum absolute atomic E-state index is 5.98. The van der Waals surface area contributed by atoms with Gasteiger partial charge >= 0.3 is 0 Å². The van der Waals surface area contributed by atoms with E-state index in [9.17, 15) is 0 Å². The number of likely N-dealkylation sites (tertiary alicyclic amines) is 1. The lowest BCUT2D eigenvalue weighted by molar-refractivity contribution is 0.132. The van der Waals surface area contributed by atoms with Crippen molar-refractivity contribution in [2.75, 3.05) is 19.6 Å². The molecule has 2 atom stereocenters. The Morgan fingerprint density at radius 3 is 3.06 bits per heavy atom. The van der Waals surface area contributed by atoms with Crippen LogP contribution in [0.4, 0.5) is 0 Å². The Kier molecular flexibility index (Phi) is 4.13. The van der Waals surface area contributed by atoms with Gasteiger partial charge in [0, 0.05) is 31.5 Å². The normalized spacial score (nSPS) is 23.6. The number of nitrogens with zero attached hydrogens (tertiary/aromatic N) is 2. The molecule has 1 aliphatic heterocycles. The summed E-state index contributed by atoms with van der Waals surface area (Å²) in [6, 6.07) is 2.41. The summed E-state index contributed by atoms with van der Waals surface area (Å²) in [5.41, 5.74) is 8.58. The SMILES string of the molecule is Cc1ccncc1C(CN)N1CCCC(C)C1. The second-order valence-electron chi connectivity index (χ2n) is 5.23. The van der Waals surface area contributed by atoms with E-state index < -0.39 is 0 Å². The fraction of sp³-hybridized carbons (Fsp3) is 0.643. The van der Waals surface area contributed by atoms with Crippen LogP contribution in [-0.4, -0.2) is 29.5 Å². The maximum atomic E-state index is 5.98. The van der Waals surface area contributed by atoms with Gasteiger partial charge in [0.1, 0.15) is 0 Å². The molecule has 2 unspecified atom stereocenters. The van der Waals surface area contributed by atoms with Crippen molar-refractivity contribution in [3.8, 4) is 0 Å². The minimum Gasteiger partial charge on any atom is -0.329 e. The standard InChI is InChI=1S/C14H23N3/c1-11-4-3-7-17(10-11)14(8-15)13-9-16-6-5-12(13)2/h5-6,9,11,14H,3-4,7-8,10,15H2,1-2H3. The van der Waals surface area contributed by atoms with E-state index >= 15 is 0 Å². The molecule has 1 aromatic heterocycles. The maximum Gasteiger partial charge on any atom is 0.0488 e. The molecule has 0 aliphatic carbocycles. The van der Waals surface area contributed by atoms with E-state index in [-0.39, 0.29) is 0 Å². The van der Waals surface area contributed by atoms with Gasteiger partial charge in [-0.05, 0) is 49.4 Å². The Hall–Kier alpha value is -0.930. The van der Waals surface area contributed by atoms with Crippen molar-refractivity contribution in [1.29, 1.82) is 0 Å². The number of rotatable bonds is 3. The number of piperidine rings is 1. The highest BCUT2D eigenvalue weighted by atomic mass is 15.2. The predicted octanol–water partition coefficient (Wildman–Crippen LogP) is 2.12. The van der Waals surface area contributed by atoms with Crippen LogP contribution in [0.5, 0.6) is 0 Å². The molecule has 0 spiro atoms. The van der Waals surface area contributed by atoms with Crippen LogP contribution < -0.4 is 5.73 Å². The van der Waals surface area contributed by atoms with Crippen LogP contribution in [0.3, 0.4) is 0 Å². The van der Waals surface area contributed by atoms with Gasteiger partial charge in [-0.2, -0.15) is 0 Å². The summed E-state index contributed by atoms with van der Waals surface area (Å²) in [6.07, 6.45) is 6.47. The van der Waals surface area contributed by atoms with Crippen LogP contribution in [0.2, 0.25) is 0 Å². The Labute approximate surface area is 104 Å². The molecule has 94 valence electrons. The van der Waals surface area contributed by atoms with Crippen LogP contribution >= 0.6 is 0 Å². The van der Waals surface area contributed by atoms with Gasteiger partial charge in [0.15, 0.2) is 0 Å². The van der Waals surface area contributed by atoms with Crippen molar-refractivity contribution < 1.29 is 0 Å². The molecule has 2 heterocycles. The molecule has 0 radical (unpaired) electrons. The van der Waals surface area contributed by atoms with Gasteiger partial charge in [-0.3, -0.25) is 9.88 Å². The Balaban J connectivity index is 2.18. The van der Waals surface area contributed by atoms with E-state index in [4.69, 9.17) is 5.73 Å². The molecule has 17 heavy (non-hydrogen) atoms. The van der Waals surface area contributed by atoms with E-state index in [2.05, 4.69) is 29.8 Å². The quantitative estimate of drug-likeness (QED) is 0.869. The zero-order valence-electron chi connectivity index (χ0n) is 10.9. The fourth-order valence-corrected chi connectivity index (χ4v) is 2.81. The zero-order chi connectivity index (χ0) is 12.3. The largest absolute Gasteiger partial charge is 0.329 e. The van der Waals surface area contributed by atoms with Crippen molar-refractivity contribution in [1.82, 2.24) is 9.88 Å². The molecular weight excluding hydrogens is 210 g/mol. The van der Waals surface area contributed by atoms with Gasteiger partial charge < -0.3 is 5.73 Å². The van der Waals surface area contributed by atoms with E-state index in [1.807, 2.05) is 12.4 Å². The third-order valence-electron chi connectivity index (χ3n) is 3.79. The van der Waals surface area contributed by atoms with Gasteiger partial charge in [-0.1, -0.05) is 6.92 Å². The minimum absolute atomic E-state index is 0.339. The number of aryl methyl sites for hydroxylation is 1. The monoisotopic (exact) mass is 233 g/mol. The summed E-state index contributed by atoms with van der Waals surface area (Å²) in [7, 11) is 0. The van der Waals surface area contributed by atoms with E-state index in [1.54, 1.807) is 0 Å². The summed E-state index contributed by atoms with van der Waals surface area (Å²) in [5.74, 6) is 0.787. The Bertz CT molecular complexity index is 364. The molecule has 1 aliphatic rings. The Morgan fingerprint density at radius 2 is 2.41 bits per heavy atom. The number of hydrogen-bond acceptors (Lipinski definition) is 3. The lowest BCUT2D eigenvalue weighted by atomic mass is 9.95. The van der Waals surface area contributed by atoms with Gasteiger partial charge in [0.25, 0.3) is 0 Å². The lowest BCUT2D eigenvalue weighted by Crippen LogP contribution is -2.40. The molecule has 0 aromatic carbocycles. The number of aromatic nitrogens is 1. The molecule has 3 heteroatoms. The average molecular weight is 233 g/mol. The Morgan fingerprint density at radius 1 is 1.59 bits per heavy atom. The molecule has 1 fully saturated rings. The summed E-state index contributed by atoms with van der Waals surface area (Å²) >= 11 is 0. The highest BCUT2D eigenvalue weighted by Gasteiger charge is 2.25. The van der Waals surface area contributed by atoms with E-state index in [0.29, 0.717) is 12.6 Å². The molecule has 0 saturated carbocycles. The molecule has 2 rings (SSSR count). The van der Waals surface area contributed by atoms with Gasteiger partial charge in [0.2, 0.25) is 0 Å². The lowest BCUT2D eigenvalue weighted by Gasteiger charge is -2.37. The second kappa shape index (κ2) is 5.61. The van der Waals surface area contributed by atoms with Crippen LogP contribution in [-0.2, 0) is 0 Å². The first-order valence-corrected chi connectivity index (χ1v) is 6.57. The number of hydrogen-bond donors (Lipinski definition) is 1. The minimum atomic E-state index is 0.339. The fourth-order valence-electron chi connectivity index (χ4n) is 2.81. The van der Waals surface area contributed by atoms with Crippen LogP contribution in [0.15, 0.2) is 18.5 Å². The third-order valence-corrected chi connectivity index (χ3v) is 3.79. The summed E-state index contributed by atoms with van der Waals surface area (Å²) in [5, 5.41) is 0. The highest BCUT2D eigenvalue weighted by Crippen LogP contribution is 2.27. The molecule has 1 aromatic rings. The van der Waals surface area contributed by atoms with E-state index in [1.165, 1.54) is 30.5 Å². The smallest absolute Gasteiger partial charge is 0.0488 e. The highest BCUT2D eigenvalue weighted by molar-refractivity contribution is 5.25. The number of nitrogens with two attached hydrogens (primary N) is 1. The topological polar surface area (TPSA) is 42.1 Å². The van der Waals surface area contributed by atoms with Gasteiger partial charge in [-0.25, -0.2) is 0 Å². The molecule has 2 N–H and O–H groups in total. The second-order valence-corrected chi connectivity index (χ2v) is 5.23. The molecule has 3 nitrogen and oxygen atoms in total. The first-order valence-electron chi connectivity index (χ1n) is 6.57. The average Bonchev–Trinajstić information content (AvgIpc) is 2.33. The summed E-state index contributed by atoms with van der Waals surface area (Å²) in [4.78, 5) is 6.77. The first kappa shape index (κ1) is 12.5. The van der Waals surface area contributed by atoms with Crippen LogP contribution in [0.1, 0.15) is 36.9 Å².